The summed E-state index contributed by atoms with van der Waals surface area (Å²) in [6.07, 6.45) is 2.81. The lowest BCUT2D eigenvalue weighted by Gasteiger charge is -2.01. The van der Waals surface area contributed by atoms with Crippen molar-refractivity contribution in [2.24, 2.45) is 0 Å². The van der Waals surface area contributed by atoms with Crippen LogP contribution in [0.3, 0.4) is 0 Å². The summed E-state index contributed by atoms with van der Waals surface area (Å²) in [5, 5.41) is 19.6. The lowest BCUT2D eigenvalue weighted by atomic mass is 10.2. The average Bonchev–Trinajstić information content (AvgIpc) is 2.08. The Balaban J connectivity index is 2.99. The predicted octanol–water partition coefficient (Wildman–Crippen LogP) is 0.696. The van der Waals surface area contributed by atoms with Crippen LogP contribution in [-0.4, -0.2) is 35.2 Å². The molecule has 0 unspecified atom stereocenters. The minimum absolute atomic E-state index is 0.134. The van der Waals surface area contributed by atoms with Crippen molar-refractivity contribution >= 4 is 11.9 Å². The second-order valence-electron chi connectivity index (χ2n) is 3.10. The summed E-state index contributed by atoms with van der Waals surface area (Å²) in [6, 6.07) is 0. The van der Waals surface area contributed by atoms with Gasteiger partial charge in [0.1, 0.15) is 0 Å². The number of carboxylic acid groups (broad SMARTS) is 2. The van der Waals surface area contributed by atoms with E-state index in [1.807, 2.05) is 0 Å². The Morgan fingerprint density at radius 3 is 2.07 bits per heavy atom. The van der Waals surface area contributed by atoms with Gasteiger partial charge in [-0.2, -0.15) is 0 Å². The summed E-state index contributed by atoms with van der Waals surface area (Å²) in [5.74, 6) is -1.56. The Morgan fingerprint density at radius 2 is 1.50 bits per heavy atom. The number of rotatable bonds is 9. The molecule has 0 aromatic carbocycles. The van der Waals surface area contributed by atoms with Crippen LogP contribution in [-0.2, 0) is 9.59 Å². The largest absolute Gasteiger partial charge is 0.481 e. The third kappa shape index (κ3) is 10.9. The highest BCUT2D eigenvalue weighted by atomic mass is 16.4. The SMILES string of the molecule is O=C(O)CCCCCNCCC(=O)O. The van der Waals surface area contributed by atoms with Crippen molar-refractivity contribution in [2.45, 2.75) is 32.1 Å². The number of carbonyl (C=O) groups is 2. The van der Waals surface area contributed by atoms with Gasteiger partial charge < -0.3 is 15.5 Å². The molecule has 0 bridgehead atoms. The first-order valence-corrected chi connectivity index (χ1v) is 4.77. The van der Waals surface area contributed by atoms with E-state index in [0.29, 0.717) is 13.0 Å². The Hall–Kier alpha value is -1.10. The van der Waals surface area contributed by atoms with Crippen molar-refractivity contribution in [1.29, 1.82) is 0 Å². The van der Waals surface area contributed by atoms with Gasteiger partial charge in [0.2, 0.25) is 0 Å². The van der Waals surface area contributed by atoms with Crippen LogP contribution < -0.4 is 5.32 Å². The molecule has 5 heteroatoms. The summed E-state index contributed by atoms with van der Waals surface area (Å²) in [7, 11) is 0. The van der Waals surface area contributed by atoms with Crippen LogP contribution in [0.5, 0.6) is 0 Å². The molecule has 0 aliphatic heterocycles. The van der Waals surface area contributed by atoms with Crippen molar-refractivity contribution in [3.05, 3.63) is 0 Å². The average molecular weight is 203 g/mol. The van der Waals surface area contributed by atoms with Crippen molar-refractivity contribution < 1.29 is 19.8 Å². The first-order valence-electron chi connectivity index (χ1n) is 4.77. The fourth-order valence-electron chi connectivity index (χ4n) is 1.02. The van der Waals surface area contributed by atoms with Crippen LogP contribution in [0, 0.1) is 0 Å². The molecule has 0 saturated carbocycles. The summed E-state index contributed by atoms with van der Waals surface area (Å²) >= 11 is 0. The number of aliphatic carboxylic acids is 2. The van der Waals surface area contributed by atoms with Crippen LogP contribution >= 0.6 is 0 Å². The minimum atomic E-state index is -0.802. The van der Waals surface area contributed by atoms with Gasteiger partial charge in [0.25, 0.3) is 0 Å². The molecule has 0 aliphatic rings. The van der Waals surface area contributed by atoms with Gasteiger partial charge in [-0.3, -0.25) is 9.59 Å². The summed E-state index contributed by atoms with van der Waals surface area (Å²) in [6.45, 7) is 1.24. The number of carboxylic acids is 2. The maximum absolute atomic E-state index is 10.1. The van der Waals surface area contributed by atoms with Crippen LogP contribution in [0.25, 0.3) is 0 Å². The van der Waals surface area contributed by atoms with Gasteiger partial charge in [-0.15, -0.1) is 0 Å². The lowest BCUT2D eigenvalue weighted by molar-refractivity contribution is -0.138. The van der Waals surface area contributed by atoms with E-state index in [-0.39, 0.29) is 12.8 Å². The van der Waals surface area contributed by atoms with Gasteiger partial charge >= 0.3 is 11.9 Å². The molecule has 82 valence electrons. The normalized spacial score (nSPS) is 10.0. The van der Waals surface area contributed by atoms with E-state index >= 15 is 0 Å². The quantitative estimate of drug-likeness (QED) is 0.480. The number of hydrogen-bond donors (Lipinski definition) is 3. The van der Waals surface area contributed by atoms with E-state index in [1.165, 1.54) is 0 Å². The zero-order valence-corrected chi connectivity index (χ0v) is 8.16. The third-order valence-corrected chi connectivity index (χ3v) is 1.76. The zero-order chi connectivity index (χ0) is 10.8. The smallest absolute Gasteiger partial charge is 0.304 e. The molecule has 0 amide bonds. The van der Waals surface area contributed by atoms with Crippen LogP contribution in [0.2, 0.25) is 0 Å². The van der Waals surface area contributed by atoms with Crippen LogP contribution in [0.4, 0.5) is 0 Å². The van der Waals surface area contributed by atoms with E-state index in [9.17, 15) is 9.59 Å². The molecule has 0 heterocycles. The number of nitrogens with one attached hydrogen (secondary N) is 1. The molecular weight excluding hydrogens is 186 g/mol. The van der Waals surface area contributed by atoms with E-state index in [1.54, 1.807) is 0 Å². The van der Waals surface area contributed by atoms with Gasteiger partial charge in [-0.05, 0) is 19.4 Å². The van der Waals surface area contributed by atoms with Gasteiger partial charge in [-0.1, -0.05) is 6.42 Å². The topological polar surface area (TPSA) is 86.6 Å². The maximum Gasteiger partial charge on any atom is 0.304 e. The lowest BCUT2D eigenvalue weighted by Crippen LogP contribution is -2.19. The molecule has 5 nitrogen and oxygen atoms in total. The second kappa shape index (κ2) is 8.50. The Morgan fingerprint density at radius 1 is 0.857 bits per heavy atom. The van der Waals surface area contributed by atoms with Crippen LogP contribution in [0.15, 0.2) is 0 Å². The predicted molar refractivity (Wildman–Crippen MR) is 51.2 cm³/mol. The van der Waals surface area contributed by atoms with Crippen molar-refractivity contribution in [3.63, 3.8) is 0 Å². The van der Waals surface area contributed by atoms with E-state index in [4.69, 9.17) is 10.2 Å². The monoisotopic (exact) mass is 203 g/mol. The van der Waals surface area contributed by atoms with Crippen molar-refractivity contribution in [3.8, 4) is 0 Å². The standard InChI is InChI=1S/C9H17NO4/c11-8(12)4-2-1-3-6-10-7-5-9(13)14/h10H,1-7H2,(H,11,12)(H,13,14). The van der Waals surface area contributed by atoms with Gasteiger partial charge in [0.15, 0.2) is 0 Å². The fraction of sp³-hybridized carbons (Fsp3) is 0.778. The first-order chi connectivity index (χ1) is 6.63. The molecular formula is C9H17NO4. The van der Waals surface area contributed by atoms with E-state index in [2.05, 4.69) is 5.32 Å². The highest BCUT2D eigenvalue weighted by molar-refractivity contribution is 5.67. The summed E-state index contributed by atoms with van der Waals surface area (Å²) in [4.78, 5) is 20.2. The van der Waals surface area contributed by atoms with E-state index in [0.717, 1.165) is 19.4 Å². The van der Waals surface area contributed by atoms with Gasteiger partial charge in [0.05, 0.1) is 6.42 Å². The van der Waals surface area contributed by atoms with Gasteiger partial charge in [-0.25, -0.2) is 0 Å². The molecule has 0 radical (unpaired) electrons. The van der Waals surface area contributed by atoms with Crippen LogP contribution in [0.1, 0.15) is 32.1 Å². The molecule has 0 saturated heterocycles. The Bertz CT molecular complexity index is 162. The first kappa shape index (κ1) is 12.9. The van der Waals surface area contributed by atoms with Crippen molar-refractivity contribution in [2.75, 3.05) is 13.1 Å². The van der Waals surface area contributed by atoms with E-state index < -0.39 is 11.9 Å². The molecule has 0 aromatic heterocycles. The number of unbranched alkanes of at least 4 members (excludes halogenated alkanes) is 2. The Labute approximate surface area is 83.1 Å². The molecule has 0 aliphatic carbocycles. The molecule has 0 spiro atoms. The minimum Gasteiger partial charge on any atom is -0.481 e. The highest BCUT2D eigenvalue weighted by Crippen LogP contribution is 1.98. The highest BCUT2D eigenvalue weighted by Gasteiger charge is 1.97. The Kier molecular flexibility index (Phi) is 7.83. The molecule has 0 atom stereocenters. The van der Waals surface area contributed by atoms with Crippen molar-refractivity contribution in [1.82, 2.24) is 5.32 Å². The second-order valence-corrected chi connectivity index (χ2v) is 3.10. The number of hydrogen-bond acceptors (Lipinski definition) is 3. The molecule has 0 aromatic rings. The summed E-state index contributed by atoms with van der Waals surface area (Å²) in [5.41, 5.74) is 0. The maximum atomic E-state index is 10.1. The molecule has 0 fully saturated rings. The van der Waals surface area contributed by atoms with Gasteiger partial charge in [0, 0.05) is 13.0 Å². The summed E-state index contributed by atoms with van der Waals surface area (Å²) < 4.78 is 0. The third-order valence-electron chi connectivity index (χ3n) is 1.76. The fourth-order valence-corrected chi connectivity index (χ4v) is 1.02. The zero-order valence-electron chi connectivity index (χ0n) is 8.16. The molecule has 14 heavy (non-hydrogen) atoms. The molecule has 3 N–H and O–H groups in total. The molecule has 0 rings (SSSR count).